The third kappa shape index (κ3) is 12.4. The highest BCUT2D eigenvalue weighted by Crippen LogP contribution is 2.68. The molecule has 12 unspecified atom stereocenters. The first kappa shape index (κ1) is 48.1. The van der Waals surface area contributed by atoms with E-state index >= 15 is 0 Å². The first-order chi connectivity index (χ1) is 28.1. The molecule has 5 rings (SSSR count). The quantitative estimate of drug-likeness (QED) is 0.0737. The molecule has 336 valence electrons. The lowest BCUT2D eigenvalue weighted by Gasteiger charge is -2.62. The van der Waals surface area contributed by atoms with Crippen LogP contribution >= 0.6 is 0 Å². The largest absolute Gasteiger partial charge is 0.393 e. The number of likely N-dealkylation sites (tertiary alicyclic amines) is 1. The van der Waals surface area contributed by atoms with E-state index < -0.39 is 0 Å². The van der Waals surface area contributed by atoms with E-state index in [2.05, 4.69) is 51.5 Å². The van der Waals surface area contributed by atoms with Gasteiger partial charge in [-0.05, 0) is 162 Å². The molecule has 5 aliphatic rings. The summed E-state index contributed by atoms with van der Waals surface area (Å²) in [6.45, 7) is 15.2. The van der Waals surface area contributed by atoms with Crippen LogP contribution in [0.5, 0.6) is 0 Å². The molecule has 12 atom stereocenters. The lowest BCUT2D eigenvalue weighted by Crippen LogP contribution is -2.57. The van der Waals surface area contributed by atoms with Gasteiger partial charge in [0.05, 0.1) is 12.1 Å². The van der Waals surface area contributed by atoms with E-state index in [1.54, 1.807) is 0 Å². The molecule has 0 radical (unpaired) electrons. The molecule has 0 aromatic carbocycles. The Hall–Kier alpha value is -0.940. The van der Waals surface area contributed by atoms with E-state index in [0.29, 0.717) is 52.8 Å². The highest BCUT2D eigenvalue weighted by molar-refractivity contribution is 5.80. The number of aliphatic hydroxyl groups is 1. The second-order valence-corrected chi connectivity index (χ2v) is 22.1. The van der Waals surface area contributed by atoms with Crippen LogP contribution in [-0.2, 0) is 9.59 Å². The highest BCUT2D eigenvalue weighted by atomic mass is 16.3. The molecular weight excluding hydrogens is 713 g/mol. The average molecular weight is 809 g/mol. The first-order valence-corrected chi connectivity index (χ1v) is 26.2. The molecule has 4 aliphatic carbocycles. The number of aldehydes is 1. The number of unbranched alkanes of at least 4 members (excludes halogenated alkanes) is 12. The minimum atomic E-state index is -0.286. The van der Waals surface area contributed by atoms with Gasteiger partial charge in [-0.1, -0.05) is 137 Å². The molecule has 4 saturated carbocycles. The third-order valence-corrected chi connectivity index (χ3v) is 18.3. The van der Waals surface area contributed by atoms with Gasteiger partial charge < -0.3 is 19.7 Å². The van der Waals surface area contributed by atoms with Crippen LogP contribution in [-0.4, -0.2) is 65.9 Å². The fraction of sp³-hybridized carbons (Fsp3) is 0.962. The van der Waals surface area contributed by atoms with Crippen LogP contribution in [0.1, 0.15) is 227 Å². The zero-order valence-electron chi connectivity index (χ0n) is 39.3. The molecule has 1 saturated heterocycles. The van der Waals surface area contributed by atoms with Gasteiger partial charge in [-0.25, -0.2) is 0 Å². The van der Waals surface area contributed by atoms with Crippen molar-refractivity contribution in [2.75, 3.05) is 26.7 Å². The van der Waals surface area contributed by atoms with Gasteiger partial charge >= 0.3 is 0 Å². The van der Waals surface area contributed by atoms with E-state index in [1.807, 2.05) is 0 Å². The van der Waals surface area contributed by atoms with Gasteiger partial charge in [-0.3, -0.25) is 4.79 Å². The minimum absolute atomic E-state index is 0.117. The maximum absolute atomic E-state index is 14.8. The summed E-state index contributed by atoms with van der Waals surface area (Å²) in [5.41, 5.74) is 0.640. The fourth-order valence-corrected chi connectivity index (χ4v) is 14.8. The zero-order valence-corrected chi connectivity index (χ0v) is 39.3. The van der Waals surface area contributed by atoms with Gasteiger partial charge in [0.1, 0.15) is 6.29 Å². The van der Waals surface area contributed by atoms with Crippen molar-refractivity contribution < 1.29 is 14.7 Å². The SMILES string of the molecule is CCCCCCCCCCC(CCCCCCCC)CN(C(=O)CCC(C)C1CCC2C3CC(O)C4CCCCC4(C)C3CCC12C)C(C=O)C1CCCN(C)CC1. The summed E-state index contributed by atoms with van der Waals surface area (Å²) in [6.07, 6.45) is 38.2. The summed E-state index contributed by atoms with van der Waals surface area (Å²) in [4.78, 5) is 32.7. The molecule has 5 nitrogen and oxygen atoms in total. The lowest BCUT2D eigenvalue weighted by molar-refractivity contribution is -0.159. The van der Waals surface area contributed by atoms with E-state index in [4.69, 9.17) is 0 Å². The molecule has 5 fully saturated rings. The van der Waals surface area contributed by atoms with Crippen molar-refractivity contribution in [1.29, 1.82) is 0 Å². The Morgan fingerprint density at radius 1 is 0.724 bits per heavy atom. The van der Waals surface area contributed by atoms with Gasteiger partial charge in [-0.2, -0.15) is 0 Å². The molecule has 1 aliphatic heterocycles. The molecule has 0 aromatic rings. The second-order valence-electron chi connectivity index (χ2n) is 22.1. The van der Waals surface area contributed by atoms with Crippen molar-refractivity contribution in [3.8, 4) is 0 Å². The van der Waals surface area contributed by atoms with Crippen LogP contribution in [0.15, 0.2) is 0 Å². The number of fused-ring (bicyclic) bond motifs is 5. The van der Waals surface area contributed by atoms with Crippen molar-refractivity contribution in [1.82, 2.24) is 9.80 Å². The Kier molecular flexibility index (Phi) is 19.9. The Morgan fingerprint density at radius 3 is 2.02 bits per heavy atom. The number of hydrogen-bond donors (Lipinski definition) is 1. The number of nitrogens with zero attached hydrogens (tertiary/aromatic N) is 2. The van der Waals surface area contributed by atoms with Crippen molar-refractivity contribution in [3.05, 3.63) is 0 Å². The number of amides is 1. The molecule has 0 bridgehead atoms. The van der Waals surface area contributed by atoms with Crippen LogP contribution in [0.25, 0.3) is 0 Å². The summed E-state index contributed by atoms with van der Waals surface area (Å²) >= 11 is 0. The molecular formula is C53H96N2O3. The van der Waals surface area contributed by atoms with Crippen molar-refractivity contribution in [3.63, 3.8) is 0 Å². The lowest BCUT2D eigenvalue weighted by atomic mass is 9.44. The summed E-state index contributed by atoms with van der Waals surface area (Å²) < 4.78 is 0. The van der Waals surface area contributed by atoms with Crippen LogP contribution in [0, 0.1) is 58.2 Å². The summed E-state index contributed by atoms with van der Waals surface area (Å²) in [7, 11) is 2.22. The summed E-state index contributed by atoms with van der Waals surface area (Å²) in [5, 5.41) is 11.6. The van der Waals surface area contributed by atoms with E-state index in [1.165, 1.54) is 160 Å². The number of aliphatic hydroxyl groups excluding tert-OH is 1. The molecule has 1 N–H and O–H groups in total. The Labute approximate surface area is 359 Å². The summed E-state index contributed by atoms with van der Waals surface area (Å²) in [5.74, 6) is 4.84. The topological polar surface area (TPSA) is 60.9 Å². The van der Waals surface area contributed by atoms with Gasteiger partial charge in [0.2, 0.25) is 5.91 Å². The van der Waals surface area contributed by atoms with Gasteiger partial charge in [0.15, 0.2) is 0 Å². The normalized spacial score (nSPS) is 34.3. The number of hydrogen-bond acceptors (Lipinski definition) is 4. The van der Waals surface area contributed by atoms with Gasteiger partial charge in [0, 0.05) is 13.0 Å². The Bertz CT molecular complexity index is 1190. The molecule has 1 heterocycles. The van der Waals surface area contributed by atoms with Crippen molar-refractivity contribution in [2.45, 2.75) is 239 Å². The summed E-state index contributed by atoms with van der Waals surface area (Å²) in [6, 6.07) is -0.286. The monoisotopic (exact) mass is 809 g/mol. The van der Waals surface area contributed by atoms with Crippen LogP contribution in [0.2, 0.25) is 0 Å². The smallest absolute Gasteiger partial charge is 0.223 e. The Balaban J connectivity index is 1.25. The predicted octanol–water partition coefficient (Wildman–Crippen LogP) is 13.4. The molecule has 0 spiro atoms. The predicted molar refractivity (Wildman–Crippen MR) is 245 cm³/mol. The standard InChI is InChI=1S/C53H96N2O3/c1-7-9-11-13-15-16-18-20-25-42(24-19-17-14-12-10-8-2)39-55(49(40-56)43-26-23-36-54(6)37-33-43)51(58)31-28-41(3)45-29-30-46-44-38-50(57)48-27-21-22-34-52(48,4)47(44)32-35-53(45,46)5/h40-50,57H,7-39H2,1-6H3. The van der Waals surface area contributed by atoms with Gasteiger partial charge in [-0.15, -0.1) is 0 Å². The molecule has 58 heavy (non-hydrogen) atoms. The van der Waals surface area contributed by atoms with Crippen molar-refractivity contribution >= 4 is 12.2 Å². The highest BCUT2D eigenvalue weighted by Gasteiger charge is 2.61. The van der Waals surface area contributed by atoms with E-state index in [0.717, 1.165) is 57.7 Å². The van der Waals surface area contributed by atoms with Crippen LogP contribution in [0.3, 0.4) is 0 Å². The minimum Gasteiger partial charge on any atom is -0.393 e. The van der Waals surface area contributed by atoms with Crippen LogP contribution in [0.4, 0.5) is 0 Å². The van der Waals surface area contributed by atoms with E-state index in [-0.39, 0.29) is 24.0 Å². The number of carbonyl (C=O) groups excluding carboxylic acids is 2. The van der Waals surface area contributed by atoms with Crippen LogP contribution < -0.4 is 0 Å². The second kappa shape index (κ2) is 24.1. The Morgan fingerprint density at radius 2 is 1.36 bits per heavy atom. The molecule has 0 aromatic heterocycles. The first-order valence-electron chi connectivity index (χ1n) is 26.2. The average Bonchev–Trinajstić information content (AvgIpc) is 3.43. The number of rotatable bonds is 25. The zero-order chi connectivity index (χ0) is 41.5. The van der Waals surface area contributed by atoms with Crippen molar-refractivity contribution in [2.24, 2.45) is 58.2 Å². The number of carbonyl (C=O) groups is 2. The third-order valence-electron chi connectivity index (χ3n) is 18.3. The maximum Gasteiger partial charge on any atom is 0.223 e. The maximum atomic E-state index is 14.8. The fourth-order valence-electron chi connectivity index (χ4n) is 14.8. The van der Waals surface area contributed by atoms with Gasteiger partial charge in [0.25, 0.3) is 0 Å². The van der Waals surface area contributed by atoms with E-state index in [9.17, 15) is 14.7 Å². The molecule has 1 amide bonds. The molecule has 5 heteroatoms.